The van der Waals surface area contributed by atoms with Gasteiger partial charge in [-0.15, -0.1) is 0 Å². The van der Waals surface area contributed by atoms with Gasteiger partial charge in [0.25, 0.3) is 5.91 Å². The second-order valence-electron chi connectivity index (χ2n) is 6.64. The van der Waals surface area contributed by atoms with Crippen LogP contribution >= 0.6 is 0 Å². The number of carbonyl (C=O) groups is 2. The lowest BCUT2D eigenvalue weighted by Gasteiger charge is -2.27. The van der Waals surface area contributed by atoms with Crippen LogP contribution in [0, 0.1) is 6.57 Å². The summed E-state index contributed by atoms with van der Waals surface area (Å²) in [5.74, 6) is -0.754. The van der Waals surface area contributed by atoms with Crippen molar-refractivity contribution >= 4 is 29.0 Å². The first-order valence-electron chi connectivity index (χ1n) is 8.05. The summed E-state index contributed by atoms with van der Waals surface area (Å²) in [7, 11) is 0. The fourth-order valence-electron chi connectivity index (χ4n) is 3.05. The number of benzene rings is 2. The number of phenols is 1. The van der Waals surface area contributed by atoms with E-state index in [0.29, 0.717) is 16.7 Å². The van der Waals surface area contributed by atoms with Gasteiger partial charge in [0.15, 0.2) is 5.69 Å². The van der Waals surface area contributed by atoms with Gasteiger partial charge < -0.3 is 5.11 Å². The zero-order chi connectivity index (χ0) is 20.9. The van der Waals surface area contributed by atoms with Crippen molar-refractivity contribution in [3.05, 3.63) is 59.4 Å². The molecule has 28 heavy (non-hydrogen) atoms. The van der Waals surface area contributed by atoms with Crippen LogP contribution in [0.1, 0.15) is 19.4 Å². The molecule has 1 heterocycles. The van der Waals surface area contributed by atoms with Crippen molar-refractivity contribution < 1.29 is 27.9 Å². The normalized spacial score (nSPS) is 16.4. The fourth-order valence-corrected chi connectivity index (χ4v) is 3.05. The molecule has 6 nitrogen and oxygen atoms in total. The summed E-state index contributed by atoms with van der Waals surface area (Å²) < 4.78 is 39.8. The Morgan fingerprint density at radius 3 is 2.14 bits per heavy atom. The van der Waals surface area contributed by atoms with Crippen LogP contribution < -0.4 is 9.80 Å². The molecule has 9 heteroatoms. The molecular formula is C19H14F3N3O3. The topological polar surface area (TPSA) is 65.2 Å². The van der Waals surface area contributed by atoms with Crippen LogP contribution in [-0.4, -0.2) is 22.6 Å². The maximum absolute atomic E-state index is 13.3. The van der Waals surface area contributed by atoms with E-state index >= 15 is 0 Å². The smallest absolute Gasteiger partial charge is 0.407 e. The van der Waals surface area contributed by atoms with Gasteiger partial charge in [0.05, 0.1) is 17.8 Å². The van der Waals surface area contributed by atoms with E-state index in [2.05, 4.69) is 4.85 Å². The van der Waals surface area contributed by atoms with E-state index in [1.54, 1.807) is 0 Å². The molecule has 3 rings (SSSR count). The number of nitrogens with zero attached hydrogens (tertiary/aromatic N) is 3. The lowest BCUT2D eigenvalue weighted by atomic mass is 10.0. The van der Waals surface area contributed by atoms with Crippen LogP contribution in [0.3, 0.4) is 0 Å². The first kappa shape index (κ1) is 19.2. The molecular weight excluding hydrogens is 375 g/mol. The molecule has 0 aromatic heterocycles. The van der Waals surface area contributed by atoms with Gasteiger partial charge in [-0.25, -0.2) is 14.5 Å². The van der Waals surface area contributed by atoms with Gasteiger partial charge in [-0.3, -0.25) is 9.69 Å². The minimum absolute atomic E-state index is 0.0408. The van der Waals surface area contributed by atoms with Gasteiger partial charge in [0, 0.05) is 5.69 Å². The molecule has 0 spiro atoms. The average molecular weight is 389 g/mol. The summed E-state index contributed by atoms with van der Waals surface area (Å²) in [5, 5.41) is 9.42. The molecule has 1 fully saturated rings. The van der Waals surface area contributed by atoms with Gasteiger partial charge in [-0.2, -0.15) is 13.2 Å². The highest BCUT2D eigenvalue weighted by molar-refractivity contribution is 6.30. The molecule has 0 unspecified atom stereocenters. The number of anilines is 2. The minimum atomic E-state index is -4.81. The Morgan fingerprint density at radius 1 is 1.04 bits per heavy atom. The molecule has 0 bridgehead atoms. The van der Waals surface area contributed by atoms with Crippen LogP contribution in [-0.2, 0) is 11.0 Å². The zero-order valence-corrected chi connectivity index (χ0v) is 14.8. The highest BCUT2D eigenvalue weighted by Gasteiger charge is 2.53. The standard InChI is InChI=1S/C19H14F3N3O3/c1-18(2)16(27)24(17(28)25(18)11-4-7-13(26)8-5-11)12-6-9-15(23-3)14(10-12)19(20,21)22/h4-10,26H,1-2H3. The number of amides is 3. The Balaban J connectivity index is 2.11. The van der Waals surface area contributed by atoms with E-state index in [9.17, 15) is 27.9 Å². The third-order valence-corrected chi connectivity index (χ3v) is 4.44. The second-order valence-corrected chi connectivity index (χ2v) is 6.64. The molecule has 1 aliphatic heterocycles. The quantitative estimate of drug-likeness (QED) is 0.597. The number of imide groups is 1. The first-order chi connectivity index (χ1) is 13.0. The SMILES string of the molecule is [C-]#[N+]c1ccc(N2C(=O)N(c3ccc(O)cc3)C(C)(C)C2=O)cc1C(F)(F)F. The Kier molecular flexibility index (Phi) is 4.30. The molecule has 1 aliphatic rings. The molecule has 2 aromatic carbocycles. The van der Waals surface area contributed by atoms with Crippen molar-refractivity contribution in [1.82, 2.24) is 0 Å². The van der Waals surface area contributed by atoms with E-state index in [4.69, 9.17) is 6.57 Å². The maximum Gasteiger partial charge on any atom is 0.407 e. The van der Waals surface area contributed by atoms with Crippen molar-refractivity contribution in [3.8, 4) is 5.75 Å². The number of carbonyl (C=O) groups excluding carboxylic acids is 2. The van der Waals surface area contributed by atoms with Crippen molar-refractivity contribution in [2.75, 3.05) is 9.80 Å². The summed E-state index contributed by atoms with van der Waals surface area (Å²) in [6, 6.07) is 7.38. The molecule has 144 valence electrons. The third kappa shape index (κ3) is 2.93. The molecule has 3 amide bonds. The van der Waals surface area contributed by atoms with Crippen LogP contribution in [0.2, 0.25) is 0 Å². The van der Waals surface area contributed by atoms with Gasteiger partial charge in [0.2, 0.25) is 0 Å². The largest absolute Gasteiger partial charge is 0.508 e. The summed E-state index contributed by atoms with van der Waals surface area (Å²) in [6.07, 6.45) is -4.81. The summed E-state index contributed by atoms with van der Waals surface area (Å²) in [4.78, 5) is 30.5. The second kappa shape index (κ2) is 6.27. The number of halogens is 3. The molecule has 0 radical (unpaired) electrons. The van der Waals surface area contributed by atoms with Gasteiger partial charge >= 0.3 is 12.2 Å². The third-order valence-electron chi connectivity index (χ3n) is 4.44. The predicted octanol–water partition coefficient (Wildman–Crippen LogP) is 4.71. The maximum atomic E-state index is 13.3. The van der Waals surface area contributed by atoms with Crippen molar-refractivity contribution in [2.24, 2.45) is 0 Å². The van der Waals surface area contributed by atoms with Crippen LogP contribution in [0.15, 0.2) is 42.5 Å². The first-order valence-corrected chi connectivity index (χ1v) is 8.05. The Labute approximate surface area is 158 Å². The van der Waals surface area contributed by atoms with Crippen LogP contribution in [0.4, 0.5) is 35.0 Å². The number of aromatic hydroxyl groups is 1. The van der Waals surface area contributed by atoms with Gasteiger partial charge in [0.1, 0.15) is 11.3 Å². The minimum Gasteiger partial charge on any atom is -0.508 e. The van der Waals surface area contributed by atoms with E-state index in [1.807, 2.05) is 0 Å². The van der Waals surface area contributed by atoms with Gasteiger partial charge in [-0.05, 0) is 50.2 Å². The molecule has 1 N–H and O–H groups in total. The average Bonchev–Trinajstić information content (AvgIpc) is 2.79. The number of alkyl halides is 3. The lowest BCUT2D eigenvalue weighted by molar-refractivity contribution is -0.136. The molecule has 0 saturated carbocycles. The van der Waals surface area contributed by atoms with Crippen molar-refractivity contribution in [3.63, 3.8) is 0 Å². The fraction of sp³-hybridized carbons (Fsp3) is 0.211. The highest BCUT2D eigenvalue weighted by Crippen LogP contribution is 2.41. The van der Waals surface area contributed by atoms with E-state index in [1.165, 1.54) is 38.1 Å². The number of urea groups is 1. The molecule has 1 saturated heterocycles. The highest BCUT2D eigenvalue weighted by atomic mass is 19.4. The number of hydrogen-bond donors (Lipinski definition) is 1. The lowest BCUT2D eigenvalue weighted by Crippen LogP contribution is -2.44. The van der Waals surface area contributed by atoms with Gasteiger partial charge in [-0.1, -0.05) is 6.07 Å². The summed E-state index contributed by atoms with van der Waals surface area (Å²) >= 11 is 0. The zero-order valence-electron chi connectivity index (χ0n) is 14.8. The van der Waals surface area contributed by atoms with Crippen molar-refractivity contribution in [1.29, 1.82) is 0 Å². The van der Waals surface area contributed by atoms with Crippen molar-refractivity contribution in [2.45, 2.75) is 25.6 Å². The molecule has 0 atom stereocenters. The van der Waals surface area contributed by atoms with Crippen LogP contribution in [0.25, 0.3) is 4.85 Å². The summed E-state index contributed by atoms with van der Waals surface area (Å²) in [6.45, 7) is 9.84. The Hall–Kier alpha value is -3.54. The number of rotatable bonds is 2. The summed E-state index contributed by atoms with van der Waals surface area (Å²) in [5.41, 5.74) is -3.18. The predicted molar refractivity (Wildman–Crippen MR) is 95.3 cm³/mol. The number of phenolic OH excluding ortho intramolecular Hbond substituents is 1. The van der Waals surface area contributed by atoms with E-state index in [0.717, 1.165) is 17.0 Å². The number of hydrogen-bond acceptors (Lipinski definition) is 3. The molecule has 2 aromatic rings. The van der Waals surface area contributed by atoms with E-state index < -0.39 is 34.9 Å². The monoisotopic (exact) mass is 389 g/mol. The van der Waals surface area contributed by atoms with E-state index in [-0.39, 0.29) is 11.4 Å². The Morgan fingerprint density at radius 2 is 1.61 bits per heavy atom. The van der Waals surface area contributed by atoms with Crippen LogP contribution in [0.5, 0.6) is 5.75 Å². The Bertz CT molecular complexity index is 1010. The molecule has 0 aliphatic carbocycles.